The number of nitrogens with zero attached hydrogens (tertiary/aromatic N) is 1. The quantitative estimate of drug-likeness (QED) is 0.768. The van der Waals surface area contributed by atoms with Gasteiger partial charge in [0.1, 0.15) is 11.5 Å². The molecule has 4 nitrogen and oxygen atoms in total. The molecule has 4 heteroatoms. The molecule has 1 rings (SSSR count). The molecule has 0 aliphatic carbocycles. The minimum Gasteiger partial charge on any atom is -0.465 e. The van der Waals surface area contributed by atoms with E-state index in [1.165, 1.54) is 5.56 Å². The first-order valence-electron chi connectivity index (χ1n) is 5.13. The van der Waals surface area contributed by atoms with Crippen LogP contribution in [0.25, 0.3) is 0 Å². The van der Waals surface area contributed by atoms with Crippen LogP contribution in [0, 0.1) is 6.92 Å². The summed E-state index contributed by atoms with van der Waals surface area (Å²) in [6.07, 6.45) is 0. The Morgan fingerprint density at radius 3 is 2.80 bits per heavy atom. The Kier molecular flexibility index (Phi) is 4.81. The fourth-order valence-corrected chi connectivity index (χ4v) is 1.46. The largest absolute Gasteiger partial charge is 0.465 e. The Morgan fingerprint density at radius 1 is 1.53 bits per heavy atom. The van der Waals surface area contributed by atoms with Crippen molar-refractivity contribution < 1.29 is 9.15 Å². The lowest BCUT2D eigenvalue weighted by Gasteiger charge is -2.14. The first-order valence-corrected chi connectivity index (χ1v) is 5.13. The molecule has 0 aliphatic rings. The second-order valence-corrected chi connectivity index (χ2v) is 3.73. The van der Waals surface area contributed by atoms with Crippen LogP contribution < -0.4 is 5.73 Å². The van der Waals surface area contributed by atoms with Crippen LogP contribution in [0.1, 0.15) is 17.1 Å². The molecule has 0 aliphatic heterocycles. The number of hydrogen-bond donors (Lipinski definition) is 1. The number of furan rings is 1. The van der Waals surface area contributed by atoms with Crippen LogP contribution >= 0.6 is 0 Å². The highest BCUT2D eigenvalue weighted by Gasteiger charge is 2.08. The fraction of sp³-hybridized carbons (Fsp3) is 0.636. The number of rotatable bonds is 6. The Morgan fingerprint density at radius 2 is 2.27 bits per heavy atom. The standard InChI is InChI=1S/C11H20N2O2/c1-9-10(6-11(7-12)15-9)8-13(2)4-5-14-3/h6H,4-5,7-8,12H2,1-3H3. The van der Waals surface area contributed by atoms with E-state index in [-0.39, 0.29) is 0 Å². The summed E-state index contributed by atoms with van der Waals surface area (Å²) in [6.45, 7) is 4.97. The zero-order valence-corrected chi connectivity index (χ0v) is 9.75. The molecule has 86 valence electrons. The summed E-state index contributed by atoms with van der Waals surface area (Å²) in [7, 11) is 3.77. The van der Waals surface area contributed by atoms with E-state index in [4.69, 9.17) is 14.9 Å². The van der Waals surface area contributed by atoms with Gasteiger partial charge in [0.05, 0.1) is 13.2 Å². The molecule has 2 N–H and O–H groups in total. The molecule has 0 aromatic carbocycles. The molecule has 0 saturated heterocycles. The smallest absolute Gasteiger partial charge is 0.118 e. The van der Waals surface area contributed by atoms with Crippen molar-refractivity contribution in [2.75, 3.05) is 27.3 Å². The number of methoxy groups -OCH3 is 1. The molecule has 1 heterocycles. The minimum atomic E-state index is 0.461. The van der Waals surface area contributed by atoms with E-state index in [1.54, 1.807) is 7.11 Å². The Labute approximate surface area is 91.0 Å². The molecule has 0 saturated carbocycles. The highest BCUT2D eigenvalue weighted by Crippen LogP contribution is 2.15. The topological polar surface area (TPSA) is 51.6 Å². The van der Waals surface area contributed by atoms with Crippen LogP contribution in [0.5, 0.6) is 0 Å². The summed E-state index contributed by atoms with van der Waals surface area (Å²) in [5, 5.41) is 0. The monoisotopic (exact) mass is 212 g/mol. The van der Waals surface area contributed by atoms with Crippen molar-refractivity contribution >= 4 is 0 Å². The van der Waals surface area contributed by atoms with Crippen molar-refractivity contribution in [2.24, 2.45) is 5.73 Å². The average Bonchev–Trinajstić information content (AvgIpc) is 2.57. The molecular weight excluding hydrogens is 192 g/mol. The molecular formula is C11H20N2O2. The summed E-state index contributed by atoms with van der Waals surface area (Å²) in [5.74, 6) is 1.81. The van der Waals surface area contributed by atoms with Gasteiger partial charge in [-0.3, -0.25) is 4.90 Å². The molecule has 0 radical (unpaired) electrons. The van der Waals surface area contributed by atoms with Gasteiger partial charge < -0.3 is 14.9 Å². The predicted octanol–water partition coefficient (Wildman–Crippen LogP) is 1.12. The van der Waals surface area contributed by atoms with Crippen LogP contribution in [0.3, 0.4) is 0 Å². The van der Waals surface area contributed by atoms with Gasteiger partial charge in [-0.1, -0.05) is 0 Å². The van der Waals surface area contributed by atoms with Gasteiger partial charge >= 0.3 is 0 Å². The van der Waals surface area contributed by atoms with Gasteiger partial charge in [0.25, 0.3) is 0 Å². The van der Waals surface area contributed by atoms with Crippen molar-refractivity contribution in [3.63, 3.8) is 0 Å². The molecule has 0 unspecified atom stereocenters. The molecule has 0 amide bonds. The number of nitrogens with two attached hydrogens (primary N) is 1. The van der Waals surface area contributed by atoms with Crippen LogP contribution in [-0.4, -0.2) is 32.2 Å². The van der Waals surface area contributed by atoms with Gasteiger partial charge in [-0.2, -0.15) is 0 Å². The van der Waals surface area contributed by atoms with Crippen molar-refractivity contribution in [2.45, 2.75) is 20.0 Å². The normalized spacial score (nSPS) is 11.3. The van der Waals surface area contributed by atoms with E-state index in [0.29, 0.717) is 6.54 Å². The van der Waals surface area contributed by atoms with E-state index in [9.17, 15) is 0 Å². The number of hydrogen-bond acceptors (Lipinski definition) is 4. The number of likely N-dealkylation sites (N-methyl/N-ethyl adjacent to an activating group) is 1. The van der Waals surface area contributed by atoms with Crippen LogP contribution in [0.15, 0.2) is 10.5 Å². The van der Waals surface area contributed by atoms with Crippen molar-refractivity contribution in [3.8, 4) is 0 Å². The van der Waals surface area contributed by atoms with Gasteiger partial charge in [-0.15, -0.1) is 0 Å². The van der Waals surface area contributed by atoms with E-state index >= 15 is 0 Å². The summed E-state index contributed by atoms with van der Waals surface area (Å²) >= 11 is 0. The van der Waals surface area contributed by atoms with Crippen LogP contribution in [0.4, 0.5) is 0 Å². The minimum absolute atomic E-state index is 0.461. The number of ether oxygens (including phenoxy) is 1. The van der Waals surface area contributed by atoms with Gasteiger partial charge in [0.15, 0.2) is 0 Å². The number of aryl methyl sites for hydroxylation is 1. The summed E-state index contributed by atoms with van der Waals surface area (Å²) in [6, 6.07) is 2.03. The Bertz CT molecular complexity index is 297. The van der Waals surface area contributed by atoms with Gasteiger partial charge in [-0.05, 0) is 20.0 Å². The first kappa shape index (κ1) is 12.2. The maximum Gasteiger partial charge on any atom is 0.118 e. The summed E-state index contributed by atoms with van der Waals surface area (Å²) in [4.78, 5) is 2.20. The van der Waals surface area contributed by atoms with Crippen LogP contribution in [-0.2, 0) is 17.8 Å². The van der Waals surface area contributed by atoms with E-state index in [2.05, 4.69) is 11.9 Å². The van der Waals surface area contributed by atoms with Gasteiger partial charge in [-0.25, -0.2) is 0 Å². The SMILES string of the molecule is COCCN(C)Cc1cc(CN)oc1C. The van der Waals surface area contributed by atoms with Gasteiger partial charge in [0, 0.05) is 25.8 Å². The second-order valence-electron chi connectivity index (χ2n) is 3.73. The van der Waals surface area contributed by atoms with Crippen molar-refractivity contribution in [3.05, 3.63) is 23.2 Å². The molecule has 0 fully saturated rings. The molecule has 1 aromatic rings. The highest BCUT2D eigenvalue weighted by molar-refractivity contribution is 5.20. The van der Waals surface area contributed by atoms with E-state index < -0.39 is 0 Å². The summed E-state index contributed by atoms with van der Waals surface area (Å²) < 4.78 is 10.5. The first-order chi connectivity index (χ1) is 7.17. The predicted molar refractivity (Wildman–Crippen MR) is 59.5 cm³/mol. The average molecular weight is 212 g/mol. The summed E-state index contributed by atoms with van der Waals surface area (Å²) in [5.41, 5.74) is 6.72. The molecule has 0 atom stereocenters. The highest BCUT2D eigenvalue weighted by atomic mass is 16.5. The third-order valence-corrected chi connectivity index (χ3v) is 2.39. The molecule has 1 aromatic heterocycles. The lowest BCUT2D eigenvalue weighted by Crippen LogP contribution is -2.22. The molecule has 0 bridgehead atoms. The Balaban J connectivity index is 2.51. The molecule has 15 heavy (non-hydrogen) atoms. The third-order valence-electron chi connectivity index (χ3n) is 2.39. The van der Waals surface area contributed by atoms with Crippen molar-refractivity contribution in [1.29, 1.82) is 0 Å². The van der Waals surface area contributed by atoms with Crippen molar-refractivity contribution in [1.82, 2.24) is 4.90 Å². The third kappa shape index (κ3) is 3.66. The Hall–Kier alpha value is -0.840. The fourth-order valence-electron chi connectivity index (χ4n) is 1.46. The van der Waals surface area contributed by atoms with Crippen LogP contribution in [0.2, 0.25) is 0 Å². The van der Waals surface area contributed by atoms with E-state index in [1.807, 2.05) is 13.0 Å². The maximum absolute atomic E-state index is 5.52. The van der Waals surface area contributed by atoms with Gasteiger partial charge in [0.2, 0.25) is 0 Å². The second kappa shape index (κ2) is 5.90. The lowest BCUT2D eigenvalue weighted by atomic mass is 10.2. The molecule has 0 spiro atoms. The zero-order chi connectivity index (χ0) is 11.3. The maximum atomic E-state index is 5.52. The van der Waals surface area contributed by atoms with E-state index in [0.717, 1.165) is 31.2 Å². The lowest BCUT2D eigenvalue weighted by molar-refractivity contribution is 0.158. The zero-order valence-electron chi connectivity index (χ0n) is 9.75.